The molecule has 2 amide bonds. The highest BCUT2D eigenvalue weighted by molar-refractivity contribution is 6.06. The van der Waals surface area contributed by atoms with E-state index in [1.54, 1.807) is 172 Å². The fourth-order valence-corrected chi connectivity index (χ4v) is 12.3. The van der Waals surface area contributed by atoms with E-state index in [4.69, 9.17) is 30.1 Å². The van der Waals surface area contributed by atoms with Gasteiger partial charge in [-0.05, 0) is 159 Å². The molecular weight excluding hydrogens is 1910 g/mol. The number of hydrogen-bond donors (Lipinski definition) is 11. The van der Waals surface area contributed by atoms with E-state index in [1.165, 1.54) is 82.4 Å². The Morgan fingerprint density at radius 3 is 1.37 bits per heavy atom. The molecule has 0 aliphatic carbocycles. The van der Waals surface area contributed by atoms with Gasteiger partial charge in [0.05, 0.1) is 58.0 Å². The third-order valence-corrected chi connectivity index (χ3v) is 19.1. The number of carbonyl (C=O) groups excluding carboxylic acids is 5. The maximum Gasteiger partial charge on any atom is 0.421 e. The number of anilines is 20. The number of alkyl halides is 6. The third kappa shape index (κ3) is 33.8. The van der Waals surface area contributed by atoms with E-state index in [1.807, 2.05) is 54.6 Å². The van der Waals surface area contributed by atoms with E-state index in [9.17, 15) is 64.4 Å². The molecule has 0 saturated heterocycles. The number of nitriles is 1. The number of rotatable bonds is 36. The van der Waals surface area contributed by atoms with E-state index in [0.717, 1.165) is 41.5 Å². The van der Waals surface area contributed by atoms with Crippen molar-refractivity contribution in [2.45, 2.75) is 32.6 Å². The molecule has 0 aliphatic heterocycles. The quantitative estimate of drug-likeness (QED) is 0.00752. The smallest absolute Gasteiger partial charge is 0.421 e. The molecular formula is C105H88F8N24O10. The molecule has 147 heavy (non-hydrogen) atoms. The second-order valence-corrected chi connectivity index (χ2v) is 29.7. The Morgan fingerprint density at radius 2 is 0.830 bits per heavy atom. The van der Waals surface area contributed by atoms with Crippen LogP contribution in [0.1, 0.15) is 56.8 Å². The van der Waals surface area contributed by atoms with Crippen molar-refractivity contribution in [2.24, 2.45) is 0 Å². The number of carbonyl (C=O) groups is 5. The minimum Gasteiger partial charge on any atom is -0.497 e. The topological polar surface area (TPSA) is 442 Å². The highest BCUT2D eigenvalue weighted by Gasteiger charge is 2.37. The molecule has 0 radical (unpaired) electrons. The Labute approximate surface area is 835 Å². The summed E-state index contributed by atoms with van der Waals surface area (Å²) < 4.78 is 135. The predicted octanol–water partition coefficient (Wildman–Crippen LogP) is 22.9. The van der Waals surface area contributed by atoms with Crippen LogP contribution in [-0.4, -0.2) is 117 Å². The first kappa shape index (κ1) is 107. The van der Waals surface area contributed by atoms with Crippen LogP contribution in [0.2, 0.25) is 0 Å². The lowest BCUT2D eigenvalue weighted by Crippen LogP contribution is -2.13. The summed E-state index contributed by atoms with van der Waals surface area (Å²) in [5, 5.41) is 40.5. The van der Waals surface area contributed by atoms with Gasteiger partial charge in [0.15, 0.2) is 34.8 Å². The fourth-order valence-electron chi connectivity index (χ4n) is 12.3. The number of allylic oxidation sites excluding steroid dienone is 5. The summed E-state index contributed by atoms with van der Waals surface area (Å²) >= 11 is 0. The number of amides is 2. The van der Waals surface area contributed by atoms with Crippen molar-refractivity contribution in [3.05, 3.63) is 375 Å². The number of aromatic nitrogens is 12. The molecule has 15 rings (SSSR count). The zero-order chi connectivity index (χ0) is 105. The van der Waals surface area contributed by atoms with Gasteiger partial charge in [-0.25, -0.2) is 34.3 Å². The number of benzene rings is 8. The summed E-state index contributed by atoms with van der Waals surface area (Å²) in [6.07, 6.45) is 15.1. The summed E-state index contributed by atoms with van der Waals surface area (Å²) in [4.78, 5) is 106. The molecule has 0 atom stereocenters. The van der Waals surface area contributed by atoms with Gasteiger partial charge >= 0.3 is 12.4 Å². The number of hydrogen-bond acceptors (Lipinski definition) is 32. The summed E-state index contributed by atoms with van der Waals surface area (Å²) in [5.41, 5.74) is 5.74. The van der Waals surface area contributed by atoms with Gasteiger partial charge in [0.2, 0.25) is 53.3 Å². The maximum atomic E-state index is 14.2. The number of terminal acetylenes is 1. The molecule has 11 N–H and O–H groups in total. The second kappa shape index (κ2) is 53.3. The first-order valence-electron chi connectivity index (χ1n) is 43.4. The van der Waals surface area contributed by atoms with Crippen molar-refractivity contribution < 1.29 is 82.8 Å². The minimum atomic E-state index is -4.68. The van der Waals surface area contributed by atoms with Gasteiger partial charge in [-0.3, -0.25) is 29.0 Å². The van der Waals surface area contributed by atoms with Crippen molar-refractivity contribution in [3.8, 4) is 53.2 Å². The minimum absolute atomic E-state index is 0.0225. The Balaban J connectivity index is 0.000000175. The summed E-state index contributed by atoms with van der Waals surface area (Å²) in [6.45, 7) is 13.8. The molecule has 0 spiro atoms. The maximum absolute atomic E-state index is 14.2. The lowest BCUT2D eigenvalue weighted by atomic mass is 10.1. The van der Waals surface area contributed by atoms with E-state index in [0.29, 0.717) is 110 Å². The first-order chi connectivity index (χ1) is 70.9. The third-order valence-electron chi connectivity index (χ3n) is 19.1. The van der Waals surface area contributed by atoms with Gasteiger partial charge in [-0.2, -0.15) is 60.9 Å². The van der Waals surface area contributed by atoms with Crippen molar-refractivity contribution >= 4 is 145 Å². The first-order valence-corrected chi connectivity index (χ1v) is 43.4. The molecule has 0 unspecified atom stereocenters. The van der Waals surface area contributed by atoms with E-state index >= 15 is 0 Å². The van der Waals surface area contributed by atoms with Gasteiger partial charge < -0.3 is 82.2 Å². The number of nitrogens with zero attached hydrogens (tertiary/aromatic N) is 13. The molecule has 8 aromatic carbocycles. The van der Waals surface area contributed by atoms with Crippen LogP contribution in [0.15, 0.2) is 330 Å². The Hall–Kier alpha value is -20.2. The Kier molecular flexibility index (Phi) is 38.9. The van der Waals surface area contributed by atoms with Crippen molar-refractivity contribution in [2.75, 3.05) is 86.4 Å². The molecule has 15 aromatic rings. The van der Waals surface area contributed by atoms with E-state index < -0.39 is 46.7 Å². The highest BCUT2D eigenvalue weighted by atomic mass is 19.4. The summed E-state index contributed by atoms with van der Waals surface area (Å²) in [7, 11) is 4.48. The molecule has 7 heterocycles. The van der Waals surface area contributed by atoms with Gasteiger partial charge in [-0.15, -0.1) is 6.42 Å². The number of pyridine rings is 2. The van der Waals surface area contributed by atoms with Gasteiger partial charge in [0, 0.05) is 123 Å². The molecule has 0 aliphatic rings. The molecule has 7 aromatic heterocycles. The number of ether oxygens (including phenoxy) is 5. The lowest BCUT2D eigenvalue weighted by molar-refractivity contribution is -0.138. The van der Waals surface area contributed by atoms with Gasteiger partial charge in [0.1, 0.15) is 64.0 Å². The van der Waals surface area contributed by atoms with Gasteiger partial charge in [-0.1, -0.05) is 117 Å². The molecule has 0 saturated carbocycles. The summed E-state index contributed by atoms with van der Waals surface area (Å²) in [6, 6.07) is 63.2. The van der Waals surface area contributed by atoms with Crippen LogP contribution in [-0.2, 0) is 33.2 Å². The second-order valence-electron chi connectivity index (χ2n) is 29.7. The van der Waals surface area contributed by atoms with Crippen LogP contribution in [0.25, 0.3) is 0 Å². The largest absolute Gasteiger partial charge is 0.497 e. The molecule has 34 nitrogen and oxygen atoms in total. The highest BCUT2D eigenvalue weighted by Crippen LogP contribution is 2.39. The SMILES string of the molecule is C#CCOc1cccc(Nc2ncc(F)c(Oc3cccc(NC(=O)C=C)c3)n2)c1.C/C=C/C(=O)c1cccc(Nc2nc(Nc3cccc(OC)c3)ncc2C(F)(F)F)c1.C/C=C/C(=O)c1cccc(Nc2nc(Nc3cncc(OC)c3)ncc2C(F)(F)F)c1.C=CC(=O)Cc1ccc(Nc2nc(Nc3ccccc3)ncc2C#N)cc1.C=CC(=O)Nc1cccc(Nc2nc(Nc3ccnc(OC)c3)ncc2F)c1. The monoisotopic (exact) mass is 2000 g/mol. The number of methoxy groups -OCH3 is 3. The van der Waals surface area contributed by atoms with E-state index in [-0.39, 0.29) is 88.4 Å². The normalized spacial score (nSPS) is 10.6. The average molecular weight is 2000 g/mol. The number of ketones is 3. The van der Waals surface area contributed by atoms with Crippen LogP contribution in [0.4, 0.5) is 151 Å². The van der Waals surface area contributed by atoms with Crippen LogP contribution in [0.5, 0.6) is 34.8 Å². The number of para-hydroxylation sites is 1. The Morgan fingerprint density at radius 1 is 0.401 bits per heavy atom. The van der Waals surface area contributed by atoms with Crippen LogP contribution in [0, 0.1) is 35.3 Å². The van der Waals surface area contributed by atoms with Crippen LogP contribution in [0.3, 0.4) is 0 Å². The molecule has 0 bridgehead atoms. The Bertz CT molecular complexity index is 7170. The molecule has 744 valence electrons. The predicted molar refractivity (Wildman–Crippen MR) is 543 cm³/mol. The number of halogens is 8. The summed E-state index contributed by atoms with van der Waals surface area (Å²) in [5.74, 6) is 1.81. The van der Waals surface area contributed by atoms with E-state index in [2.05, 4.69) is 150 Å². The number of nitrogens with one attached hydrogen (secondary N) is 11. The van der Waals surface area contributed by atoms with Crippen molar-refractivity contribution in [3.63, 3.8) is 0 Å². The average Bonchev–Trinajstić information content (AvgIpc) is 0.803. The van der Waals surface area contributed by atoms with Crippen molar-refractivity contribution in [1.29, 1.82) is 5.26 Å². The molecule has 42 heteroatoms. The van der Waals surface area contributed by atoms with Crippen molar-refractivity contribution in [1.82, 2.24) is 59.8 Å². The lowest BCUT2D eigenvalue weighted by Gasteiger charge is -2.15. The zero-order valence-electron chi connectivity index (χ0n) is 78.5. The fraction of sp³-hybridized carbons (Fsp3) is 0.0857. The van der Waals surface area contributed by atoms with Crippen LogP contribution < -0.4 is 82.2 Å². The van der Waals surface area contributed by atoms with Crippen LogP contribution >= 0.6 is 0 Å². The molecule has 0 fully saturated rings. The van der Waals surface area contributed by atoms with Gasteiger partial charge in [0.25, 0.3) is 5.88 Å². The standard InChI is InChI=1S/C22H19F3N4O2.C22H17FN4O3.C21H18F3N5O2.C21H17N5O.C19H17FN6O2/c1-3-6-19(30)14-7-4-8-15(11-14)27-20-18(22(23,24)25)13-26-21(29-20)28-16-9-5-10-17(12-16)31-2;1-3-11-29-17-9-5-8-16(12-17)26-22-24-14-19(23)21(27-22)30-18-10-6-7-15(13-18)25-20(28)4-2;1-3-5-18(30)13-6-4-7-14(8-13)27-19-17(21(22,23)24)12-26-20(29-19)28-15-9-16(31-2)11-25-10-15;1-2-19(27)12-15-8-10-18(11-9-15)24-20-16(13-22)14-23-21(26-20)25-17-6-4-3-5-7-17;1-3-16(27)23-12-5-4-6-13(9-12)24-18-15(20)11-22-19(26-18)25-14-7-8-21-17(10-14)28-2/h3-13H,1-2H3,(H2,26,27,28,29);1,4-10,12-14H,2,11H2,(H,25,28)(H,24,26,27);3-12H,1-2H3,(H2,26,27,28,29);2-11,14H,1,12H2,(H2,23,24,25,26);3-11H,1H2,2H3,(H,23,27)(H2,21,22,24,25,26)/b6-3+;;5-3+;;. The zero-order valence-corrected chi connectivity index (χ0v) is 78.5.